The maximum Gasteiger partial charge on any atom is 0.255 e. The molecule has 0 saturated heterocycles. The van der Waals surface area contributed by atoms with E-state index in [0.29, 0.717) is 29.0 Å². The fourth-order valence-corrected chi connectivity index (χ4v) is 4.71. The fraction of sp³-hybridized carbons (Fsp3) is 0.182. The molecule has 0 radical (unpaired) electrons. The van der Waals surface area contributed by atoms with Crippen molar-refractivity contribution in [2.45, 2.75) is 32.4 Å². The highest BCUT2D eigenvalue weighted by Crippen LogP contribution is 2.29. The minimum Gasteiger partial charge on any atom is -0.490 e. The van der Waals surface area contributed by atoms with E-state index in [1.807, 2.05) is 56.4 Å². The molecule has 0 fully saturated rings. The number of fused-ring (bicyclic) bond motifs is 1. The molecule has 5 aromatic rings. The summed E-state index contributed by atoms with van der Waals surface area (Å²) in [5, 5.41) is 17.0. The lowest BCUT2D eigenvalue weighted by atomic mass is 9.99. The quantitative estimate of drug-likeness (QED) is 0.181. The molecule has 3 aromatic carbocycles. The van der Waals surface area contributed by atoms with Crippen LogP contribution in [0.4, 0.5) is 5.69 Å². The zero-order valence-corrected chi connectivity index (χ0v) is 22.9. The molecule has 8 heteroatoms. The average Bonchev–Trinajstić information content (AvgIpc) is 3.40. The Morgan fingerprint density at radius 3 is 2.56 bits per heavy atom. The van der Waals surface area contributed by atoms with Crippen LogP contribution < -0.4 is 15.4 Å². The summed E-state index contributed by atoms with van der Waals surface area (Å²) in [5.74, 6) is -0.178. The Hall–Kier alpha value is -4.95. The lowest BCUT2D eigenvalue weighted by Gasteiger charge is -2.19. The third-order valence-corrected chi connectivity index (χ3v) is 6.66. The van der Waals surface area contributed by atoms with Crippen LogP contribution in [0.25, 0.3) is 22.0 Å². The second-order valence-corrected chi connectivity index (χ2v) is 10.1. The smallest absolute Gasteiger partial charge is 0.255 e. The number of carbonyl (C=O) groups excluding carboxylic acids is 2. The highest BCUT2D eigenvalue weighted by molar-refractivity contribution is 6.05. The molecule has 0 aliphatic rings. The number of aliphatic hydroxyl groups excluding tert-OH is 1. The maximum absolute atomic E-state index is 13.6. The van der Waals surface area contributed by atoms with Crippen LogP contribution in [0.1, 0.15) is 40.1 Å². The third-order valence-electron chi connectivity index (χ3n) is 6.66. The monoisotopic (exact) mass is 548 g/mol. The van der Waals surface area contributed by atoms with Crippen LogP contribution in [0.2, 0.25) is 0 Å². The van der Waals surface area contributed by atoms with Crippen molar-refractivity contribution in [1.82, 2.24) is 15.3 Å². The normalized spacial score (nSPS) is 11.8. The second-order valence-electron chi connectivity index (χ2n) is 10.1. The number of aliphatic hydroxyl groups is 1. The van der Waals surface area contributed by atoms with Crippen LogP contribution in [0.5, 0.6) is 5.75 Å². The number of ether oxygens (including phenoxy) is 1. The Labute approximate surface area is 238 Å². The highest BCUT2D eigenvalue weighted by Gasteiger charge is 2.20. The van der Waals surface area contributed by atoms with Gasteiger partial charge in [-0.3, -0.25) is 14.6 Å². The molecule has 1 atom stereocenters. The van der Waals surface area contributed by atoms with Crippen LogP contribution in [0.3, 0.4) is 0 Å². The third kappa shape index (κ3) is 6.62. The SMILES string of the molecule is CC(C)Oc1ccc(-c2cccc(C(=O)Nc3cccnc3)c2)cc1C(=O)N[C@@H](CO)Cc1c[nH]c2ccccc12. The number of hydrogen-bond donors (Lipinski definition) is 4. The van der Waals surface area contributed by atoms with E-state index in [4.69, 9.17) is 4.74 Å². The van der Waals surface area contributed by atoms with Gasteiger partial charge in [0.1, 0.15) is 5.75 Å². The van der Waals surface area contributed by atoms with Gasteiger partial charge in [-0.2, -0.15) is 0 Å². The van der Waals surface area contributed by atoms with Crippen LogP contribution in [0.15, 0.2) is 97.5 Å². The van der Waals surface area contributed by atoms with Gasteiger partial charge in [-0.05, 0) is 79.4 Å². The van der Waals surface area contributed by atoms with E-state index >= 15 is 0 Å². The van der Waals surface area contributed by atoms with Crippen molar-refractivity contribution in [3.05, 3.63) is 114 Å². The topological polar surface area (TPSA) is 116 Å². The van der Waals surface area contributed by atoms with E-state index in [2.05, 4.69) is 20.6 Å². The highest BCUT2D eigenvalue weighted by atomic mass is 16.5. The molecule has 0 aliphatic heterocycles. The molecule has 0 saturated carbocycles. The van der Waals surface area contributed by atoms with Gasteiger partial charge < -0.3 is 25.5 Å². The van der Waals surface area contributed by atoms with Gasteiger partial charge in [-0.15, -0.1) is 0 Å². The van der Waals surface area contributed by atoms with Crippen molar-refractivity contribution in [3.8, 4) is 16.9 Å². The molecule has 0 unspecified atom stereocenters. The lowest BCUT2D eigenvalue weighted by molar-refractivity contribution is 0.0910. The average molecular weight is 549 g/mol. The van der Waals surface area contributed by atoms with Crippen molar-refractivity contribution in [2.24, 2.45) is 0 Å². The summed E-state index contributed by atoms with van der Waals surface area (Å²) in [6.07, 6.45) is 5.44. The molecule has 0 bridgehead atoms. The van der Waals surface area contributed by atoms with Gasteiger partial charge in [0.05, 0.1) is 36.2 Å². The molecule has 4 N–H and O–H groups in total. The lowest BCUT2D eigenvalue weighted by Crippen LogP contribution is -2.39. The predicted molar refractivity (Wildman–Crippen MR) is 160 cm³/mol. The number of hydrogen-bond acceptors (Lipinski definition) is 5. The number of para-hydroxylation sites is 1. The predicted octanol–water partition coefficient (Wildman–Crippen LogP) is 5.60. The summed E-state index contributed by atoms with van der Waals surface area (Å²) in [4.78, 5) is 33.7. The molecule has 2 amide bonds. The Kier molecular flexibility index (Phi) is 8.41. The van der Waals surface area contributed by atoms with Gasteiger partial charge in [0.2, 0.25) is 0 Å². The Balaban J connectivity index is 1.39. The number of H-pyrrole nitrogens is 1. The number of benzene rings is 3. The minimum absolute atomic E-state index is 0.147. The number of carbonyl (C=O) groups is 2. The minimum atomic E-state index is -0.503. The van der Waals surface area contributed by atoms with E-state index in [1.165, 1.54) is 0 Å². The molecular formula is C33H32N4O4. The standard InChI is InChI=1S/C33H32N4O4/c1-21(2)41-31-13-12-23(22-7-5-8-24(15-22)32(39)36-26-9-6-14-34-19-26)17-29(31)33(40)37-27(20-38)16-25-18-35-30-11-4-3-10-28(25)30/h3-15,17-19,21,27,35,38H,16,20H2,1-2H3,(H,36,39)(H,37,40)/t27-/m1/s1. The number of aromatic nitrogens is 2. The molecular weight excluding hydrogens is 516 g/mol. The number of anilines is 1. The van der Waals surface area contributed by atoms with E-state index in [0.717, 1.165) is 27.6 Å². The van der Waals surface area contributed by atoms with Crippen LogP contribution in [0, 0.1) is 0 Å². The van der Waals surface area contributed by atoms with Gasteiger partial charge in [0, 0.05) is 28.9 Å². The number of aromatic amines is 1. The first kappa shape index (κ1) is 27.6. The molecule has 0 aliphatic carbocycles. The van der Waals surface area contributed by atoms with Crippen molar-refractivity contribution in [3.63, 3.8) is 0 Å². The molecule has 2 heterocycles. The zero-order valence-electron chi connectivity index (χ0n) is 22.9. The van der Waals surface area contributed by atoms with E-state index in [1.54, 1.807) is 54.9 Å². The number of pyridine rings is 1. The van der Waals surface area contributed by atoms with E-state index in [-0.39, 0.29) is 24.5 Å². The van der Waals surface area contributed by atoms with Crippen molar-refractivity contribution in [2.75, 3.05) is 11.9 Å². The molecule has 5 rings (SSSR count). The number of nitrogens with zero attached hydrogens (tertiary/aromatic N) is 1. The van der Waals surface area contributed by atoms with E-state index in [9.17, 15) is 14.7 Å². The van der Waals surface area contributed by atoms with Gasteiger partial charge in [0.15, 0.2) is 0 Å². The number of nitrogens with one attached hydrogen (secondary N) is 3. The largest absolute Gasteiger partial charge is 0.490 e. The number of amides is 2. The second kappa shape index (κ2) is 12.5. The van der Waals surface area contributed by atoms with Crippen molar-refractivity contribution < 1.29 is 19.4 Å². The summed E-state index contributed by atoms with van der Waals surface area (Å²) < 4.78 is 5.97. The summed E-state index contributed by atoms with van der Waals surface area (Å²) in [6, 6.07) is 23.5. The Morgan fingerprint density at radius 1 is 0.951 bits per heavy atom. The summed E-state index contributed by atoms with van der Waals surface area (Å²) in [6.45, 7) is 3.57. The zero-order chi connectivity index (χ0) is 28.8. The van der Waals surface area contributed by atoms with Crippen LogP contribution >= 0.6 is 0 Å². The maximum atomic E-state index is 13.6. The first-order chi connectivity index (χ1) is 19.9. The van der Waals surface area contributed by atoms with Crippen molar-refractivity contribution >= 4 is 28.4 Å². The summed E-state index contributed by atoms with van der Waals surface area (Å²) in [7, 11) is 0. The molecule has 208 valence electrons. The first-order valence-electron chi connectivity index (χ1n) is 13.5. The van der Waals surface area contributed by atoms with Crippen molar-refractivity contribution in [1.29, 1.82) is 0 Å². The van der Waals surface area contributed by atoms with Gasteiger partial charge >= 0.3 is 0 Å². The van der Waals surface area contributed by atoms with E-state index < -0.39 is 6.04 Å². The first-order valence-corrected chi connectivity index (χ1v) is 13.5. The summed E-state index contributed by atoms with van der Waals surface area (Å²) in [5.41, 5.74) is 4.95. The summed E-state index contributed by atoms with van der Waals surface area (Å²) >= 11 is 0. The fourth-order valence-electron chi connectivity index (χ4n) is 4.71. The Bertz CT molecular complexity index is 1660. The molecule has 0 spiro atoms. The van der Waals surface area contributed by atoms with Gasteiger partial charge in [-0.1, -0.05) is 36.4 Å². The van der Waals surface area contributed by atoms with Crippen LogP contribution in [-0.2, 0) is 6.42 Å². The van der Waals surface area contributed by atoms with Gasteiger partial charge in [0.25, 0.3) is 11.8 Å². The van der Waals surface area contributed by atoms with Crippen LogP contribution in [-0.4, -0.2) is 45.6 Å². The molecule has 8 nitrogen and oxygen atoms in total. The van der Waals surface area contributed by atoms with Gasteiger partial charge in [-0.25, -0.2) is 0 Å². The number of rotatable bonds is 10. The molecule has 41 heavy (non-hydrogen) atoms. The molecule has 2 aromatic heterocycles. The Morgan fingerprint density at radius 2 is 1.78 bits per heavy atom.